The molecule has 7 N–H and O–H groups in total. The Bertz CT molecular complexity index is 994. The molecule has 0 radical (unpaired) electrons. The van der Waals surface area contributed by atoms with Gasteiger partial charge in [-0.1, -0.05) is 13.3 Å². The van der Waals surface area contributed by atoms with Gasteiger partial charge in [0.05, 0.1) is 12.7 Å². The fourth-order valence-electron chi connectivity index (χ4n) is 2.70. The molecule has 0 spiro atoms. The monoisotopic (exact) mass is 509 g/mol. The fourth-order valence-corrected chi connectivity index (χ4v) is 5.73. The molecule has 0 bridgehead atoms. The summed E-state index contributed by atoms with van der Waals surface area (Å²) in [6.07, 6.45) is -1.01. The molecule has 1 fully saturated rings. The van der Waals surface area contributed by atoms with Crippen LogP contribution in [-0.4, -0.2) is 53.0 Å². The highest BCUT2D eigenvalue weighted by Crippen LogP contribution is 2.66. The number of aryl methyl sites for hydroxylation is 1. The minimum Gasteiger partial charge on any atom is -0.390 e. The molecule has 1 saturated heterocycles. The van der Waals surface area contributed by atoms with E-state index in [9.17, 15) is 28.5 Å². The molecule has 0 aliphatic carbocycles. The van der Waals surface area contributed by atoms with Gasteiger partial charge in [-0.2, -0.15) is 13.6 Å². The molecule has 2 unspecified atom stereocenters. The molecule has 1 aromatic heterocycles. The second kappa shape index (κ2) is 9.87. The van der Waals surface area contributed by atoms with Crippen LogP contribution in [0.1, 0.15) is 31.6 Å². The number of hydrogen-bond acceptors (Lipinski definition) is 11. The summed E-state index contributed by atoms with van der Waals surface area (Å²) in [5.74, 6) is 0.0610. The number of nitrogens with zero attached hydrogens (tertiary/aromatic N) is 2. The van der Waals surface area contributed by atoms with Crippen molar-refractivity contribution in [2.24, 2.45) is 0 Å². The van der Waals surface area contributed by atoms with Crippen molar-refractivity contribution >= 4 is 29.3 Å². The number of nitrogens with two attached hydrogens (primary N) is 1. The molecule has 5 atom stereocenters. The number of anilines is 1. The number of phosphoric acid groups is 3. The summed E-state index contributed by atoms with van der Waals surface area (Å²) in [6, 6.07) is 0. The van der Waals surface area contributed by atoms with E-state index >= 15 is 0 Å². The molecule has 0 amide bonds. The minimum absolute atomic E-state index is 0.0610. The van der Waals surface area contributed by atoms with Crippen LogP contribution in [0.15, 0.2) is 11.0 Å². The topological polar surface area (TPSA) is 250 Å². The molecule has 0 saturated carbocycles. The van der Waals surface area contributed by atoms with Gasteiger partial charge in [0, 0.05) is 18.2 Å². The van der Waals surface area contributed by atoms with Gasteiger partial charge in [0.2, 0.25) is 0 Å². The third-order valence-electron chi connectivity index (χ3n) is 3.91. The first-order valence-corrected chi connectivity index (χ1v) is 13.1. The van der Waals surface area contributed by atoms with Gasteiger partial charge in [-0.25, -0.2) is 18.5 Å². The fraction of sp³-hybridized carbons (Fsp3) is 0.667. The minimum atomic E-state index is -5.67. The van der Waals surface area contributed by atoms with E-state index in [4.69, 9.17) is 25.2 Å². The first kappa shape index (κ1) is 26.3. The Morgan fingerprint density at radius 3 is 2.45 bits per heavy atom. The van der Waals surface area contributed by atoms with Gasteiger partial charge >= 0.3 is 29.2 Å². The van der Waals surface area contributed by atoms with Crippen LogP contribution >= 0.6 is 23.5 Å². The molecule has 0 aromatic carbocycles. The first-order valence-electron chi connectivity index (χ1n) is 8.62. The van der Waals surface area contributed by atoms with E-state index in [0.717, 1.165) is 11.0 Å². The smallest absolute Gasteiger partial charge is 0.390 e. The summed E-state index contributed by atoms with van der Waals surface area (Å²) in [5.41, 5.74) is 5.54. The lowest BCUT2D eigenvalue weighted by atomic mass is 10.1. The molecular formula is C12H22N3O13P3. The largest absolute Gasteiger partial charge is 0.490 e. The normalized spacial score (nSPS) is 25.8. The zero-order valence-corrected chi connectivity index (χ0v) is 18.6. The highest BCUT2D eigenvalue weighted by Gasteiger charge is 2.43. The van der Waals surface area contributed by atoms with E-state index in [0.29, 0.717) is 12.0 Å². The Kier molecular flexibility index (Phi) is 8.37. The van der Waals surface area contributed by atoms with Crippen LogP contribution in [0.2, 0.25) is 0 Å². The van der Waals surface area contributed by atoms with Gasteiger partial charge < -0.3 is 35.2 Å². The highest BCUT2D eigenvalue weighted by atomic mass is 31.3. The molecular weight excluding hydrogens is 487 g/mol. The van der Waals surface area contributed by atoms with Crippen LogP contribution in [0, 0.1) is 0 Å². The first-order chi connectivity index (χ1) is 14.1. The molecule has 31 heavy (non-hydrogen) atoms. The number of aliphatic hydroxyl groups is 1. The van der Waals surface area contributed by atoms with Crippen LogP contribution < -0.4 is 11.4 Å². The maximum atomic E-state index is 12.1. The highest BCUT2D eigenvalue weighted by molar-refractivity contribution is 7.66. The second-order valence-electron chi connectivity index (χ2n) is 6.41. The number of phosphoric ester groups is 1. The van der Waals surface area contributed by atoms with Gasteiger partial charge in [-0.15, -0.1) is 0 Å². The van der Waals surface area contributed by atoms with E-state index in [1.807, 2.05) is 6.92 Å². The molecule has 1 aromatic rings. The lowest BCUT2D eigenvalue weighted by Crippen LogP contribution is -2.29. The van der Waals surface area contributed by atoms with Crippen LogP contribution in [0.4, 0.5) is 5.82 Å². The SMILES string of the molecule is CCCc1cn([C@H]2C[C@H](O)[C@@H](COP(=O)(O)OP(=O)(O)OP(=O)(O)O)O2)c(=O)nc1N. The number of nitrogen functional groups attached to an aromatic ring is 1. The van der Waals surface area contributed by atoms with Crippen molar-refractivity contribution in [2.75, 3.05) is 12.3 Å². The number of rotatable bonds is 10. The predicted molar refractivity (Wildman–Crippen MR) is 101 cm³/mol. The lowest BCUT2D eigenvalue weighted by Gasteiger charge is -2.19. The van der Waals surface area contributed by atoms with Crippen LogP contribution in [-0.2, 0) is 38.0 Å². The zero-order valence-electron chi connectivity index (χ0n) is 16.0. The van der Waals surface area contributed by atoms with Gasteiger partial charge in [-0.05, 0) is 6.42 Å². The summed E-state index contributed by atoms with van der Waals surface area (Å²) < 4.78 is 51.8. The summed E-state index contributed by atoms with van der Waals surface area (Å²) in [4.78, 5) is 51.4. The predicted octanol–water partition coefficient (Wildman–Crippen LogP) is -0.230. The zero-order chi connectivity index (χ0) is 23.6. The van der Waals surface area contributed by atoms with Crippen molar-refractivity contribution in [1.29, 1.82) is 0 Å². The maximum Gasteiger partial charge on any atom is 0.490 e. The standard InChI is InChI=1S/C12H22N3O13P3/c1-2-3-7-5-15(12(17)14-11(7)13)10-4-8(16)9(26-10)6-25-30(21,22)28-31(23,24)27-29(18,19)20/h5,8-10,16H,2-4,6H2,1H3,(H,21,22)(H,23,24)(H2,13,14,17)(H2,18,19,20)/t8-,9+,10+/m0/s1. The van der Waals surface area contributed by atoms with Gasteiger partial charge in [0.25, 0.3) is 0 Å². The molecule has 2 heterocycles. The third-order valence-corrected chi connectivity index (χ3v) is 7.72. The Morgan fingerprint density at radius 1 is 1.23 bits per heavy atom. The maximum absolute atomic E-state index is 12.1. The average Bonchev–Trinajstić information content (AvgIpc) is 2.93. The van der Waals surface area contributed by atoms with Gasteiger partial charge in [-0.3, -0.25) is 9.09 Å². The van der Waals surface area contributed by atoms with E-state index in [1.54, 1.807) is 0 Å². The Labute approximate surface area is 175 Å². The summed E-state index contributed by atoms with van der Waals surface area (Å²) in [5, 5.41) is 10.1. The van der Waals surface area contributed by atoms with Crippen molar-refractivity contribution in [1.82, 2.24) is 9.55 Å². The average molecular weight is 509 g/mol. The van der Waals surface area contributed by atoms with Crippen LogP contribution in [0.3, 0.4) is 0 Å². The Balaban J connectivity index is 2.05. The van der Waals surface area contributed by atoms with Crippen LogP contribution in [0.25, 0.3) is 0 Å². The molecule has 178 valence electrons. The Morgan fingerprint density at radius 2 is 1.87 bits per heavy atom. The molecule has 19 heteroatoms. The van der Waals surface area contributed by atoms with E-state index in [2.05, 4.69) is 18.1 Å². The quantitative estimate of drug-likeness (QED) is 0.223. The summed E-state index contributed by atoms with van der Waals surface area (Å²) in [6.45, 7) is 1.05. The summed E-state index contributed by atoms with van der Waals surface area (Å²) in [7, 11) is -16.6. The van der Waals surface area contributed by atoms with E-state index < -0.39 is 54.2 Å². The van der Waals surface area contributed by atoms with E-state index in [1.165, 1.54) is 6.20 Å². The van der Waals surface area contributed by atoms with Crippen molar-refractivity contribution in [3.05, 3.63) is 22.2 Å². The van der Waals surface area contributed by atoms with Gasteiger partial charge in [0.1, 0.15) is 18.1 Å². The molecule has 16 nitrogen and oxygen atoms in total. The lowest BCUT2D eigenvalue weighted by molar-refractivity contribution is -0.0450. The van der Waals surface area contributed by atoms with Crippen molar-refractivity contribution < 1.29 is 56.3 Å². The number of aromatic nitrogens is 2. The number of ether oxygens (including phenoxy) is 1. The summed E-state index contributed by atoms with van der Waals surface area (Å²) >= 11 is 0. The van der Waals surface area contributed by atoms with Crippen LogP contribution in [0.5, 0.6) is 0 Å². The molecule has 2 rings (SSSR count). The number of aliphatic hydroxyl groups excluding tert-OH is 1. The third kappa shape index (κ3) is 7.82. The number of hydrogen-bond donors (Lipinski definition) is 6. The molecule has 1 aliphatic heterocycles. The Hall–Kier alpha value is -0.990. The van der Waals surface area contributed by atoms with Crippen molar-refractivity contribution in [2.45, 2.75) is 44.6 Å². The van der Waals surface area contributed by atoms with Crippen molar-refractivity contribution in [3.8, 4) is 0 Å². The van der Waals surface area contributed by atoms with Crippen molar-refractivity contribution in [3.63, 3.8) is 0 Å². The van der Waals surface area contributed by atoms with Gasteiger partial charge in [0.15, 0.2) is 0 Å². The molecule has 1 aliphatic rings. The van der Waals surface area contributed by atoms with E-state index in [-0.39, 0.29) is 12.2 Å². The second-order valence-corrected chi connectivity index (χ2v) is 10.8.